The summed E-state index contributed by atoms with van der Waals surface area (Å²) in [5, 5.41) is 8.98. The van der Waals surface area contributed by atoms with Crippen LogP contribution >= 0.6 is 0 Å². The van der Waals surface area contributed by atoms with Gasteiger partial charge in [-0.3, -0.25) is 0 Å². The van der Waals surface area contributed by atoms with Crippen molar-refractivity contribution in [3.63, 3.8) is 0 Å². The van der Waals surface area contributed by atoms with Crippen LogP contribution in [-0.4, -0.2) is 23.5 Å². The van der Waals surface area contributed by atoms with Crippen LogP contribution in [0.4, 0.5) is 13.2 Å². The van der Waals surface area contributed by atoms with E-state index in [1.54, 1.807) is 12.1 Å². The van der Waals surface area contributed by atoms with Crippen LogP contribution in [0.15, 0.2) is 24.3 Å². The fourth-order valence-corrected chi connectivity index (χ4v) is 1.93. The van der Waals surface area contributed by atoms with Gasteiger partial charge in [-0.15, -0.1) is 0 Å². The number of aryl methyl sites for hydroxylation is 1. The molecule has 1 heterocycles. The average Bonchev–Trinajstić information content (AvgIpc) is 2.27. The number of fused-ring (bicyclic) bond motifs is 1. The van der Waals surface area contributed by atoms with E-state index in [4.69, 9.17) is 9.84 Å². The van der Waals surface area contributed by atoms with Crippen molar-refractivity contribution in [3.05, 3.63) is 29.8 Å². The molecule has 1 aliphatic rings. The van der Waals surface area contributed by atoms with Crippen LogP contribution < -0.4 is 4.74 Å². The zero-order chi connectivity index (χ0) is 12.5. The highest BCUT2D eigenvalue weighted by atomic mass is 19.4. The highest BCUT2D eigenvalue weighted by molar-refractivity contribution is 5.35. The lowest BCUT2D eigenvalue weighted by molar-refractivity contribution is -0.210. The summed E-state index contributed by atoms with van der Waals surface area (Å²) in [7, 11) is 0. The molecule has 0 amide bonds. The van der Waals surface area contributed by atoms with Gasteiger partial charge in [0.2, 0.25) is 0 Å². The fourth-order valence-electron chi connectivity index (χ4n) is 1.93. The van der Waals surface area contributed by atoms with Crippen molar-refractivity contribution in [1.29, 1.82) is 0 Å². The zero-order valence-electron chi connectivity index (χ0n) is 9.07. The molecule has 0 spiro atoms. The first kappa shape index (κ1) is 12.2. The van der Waals surface area contributed by atoms with Gasteiger partial charge in [0.05, 0.1) is 0 Å². The summed E-state index contributed by atoms with van der Waals surface area (Å²) in [5.74, 6) is 0.623. The summed E-state index contributed by atoms with van der Waals surface area (Å²) in [6.45, 7) is 0. The Hall–Kier alpha value is -1.23. The van der Waals surface area contributed by atoms with E-state index in [0.717, 1.165) is 5.56 Å². The first-order valence-electron chi connectivity index (χ1n) is 5.46. The normalized spacial score (nSPS) is 21.5. The summed E-state index contributed by atoms with van der Waals surface area (Å²) in [6, 6.07) is 7.28. The minimum atomic E-state index is -4.57. The maximum absolute atomic E-state index is 12.2. The Morgan fingerprint density at radius 2 is 2.06 bits per heavy atom. The largest absolute Gasteiger partial charge is 0.490 e. The van der Waals surface area contributed by atoms with E-state index in [0.29, 0.717) is 18.6 Å². The second-order valence-electron chi connectivity index (χ2n) is 4.18. The minimum Gasteiger partial charge on any atom is -0.490 e. The molecule has 17 heavy (non-hydrogen) atoms. The van der Waals surface area contributed by atoms with Gasteiger partial charge in [0.25, 0.3) is 0 Å². The van der Waals surface area contributed by atoms with E-state index in [9.17, 15) is 13.2 Å². The lowest BCUT2D eigenvalue weighted by Gasteiger charge is -2.28. The van der Waals surface area contributed by atoms with Crippen LogP contribution in [0.5, 0.6) is 5.75 Å². The number of rotatable bonds is 2. The number of alkyl halides is 3. The second-order valence-corrected chi connectivity index (χ2v) is 4.18. The summed E-state index contributed by atoms with van der Waals surface area (Å²) >= 11 is 0. The Bertz CT molecular complexity index is 390. The average molecular weight is 246 g/mol. The molecule has 1 N–H and O–H groups in total. The molecule has 2 unspecified atom stereocenters. The third-order valence-electron chi connectivity index (χ3n) is 2.87. The van der Waals surface area contributed by atoms with E-state index >= 15 is 0 Å². The molecule has 2 nitrogen and oxygen atoms in total. The van der Waals surface area contributed by atoms with Crippen molar-refractivity contribution in [2.45, 2.75) is 37.6 Å². The monoisotopic (exact) mass is 246 g/mol. The molecular formula is C12H13F3O2. The number of hydrogen-bond acceptors (Lipinski definition) is 2. The van der Waals surface area contributed by atoms with Crippen molar-refractivity contribution >= 4 is 0 Å². The smallest absolute Gasteiger partial charge is 0.414 e. The Balaban J connectivity index is 1.99. The number of aliphatic hydroxyl groups excluding tert-OH is 1. The topological polar surface area (TPSA) is 29.5 Å². The molecule has 94 valence electrons. The van der Waals surface area contributed by atoms with Gasteiger partial charge < -0.3 is 9.84 Å². The maximum atomic E-state index is 12.2. The summed E-state index contributed by atoms with van der Waals surface area (Å²) in [6.07, 6.45) is -6.66. The van der Waals surface area contributed by atoms with Crippen LogP contribution in [0.25, 0.3) is 0 Å². The van der Waals surface area contributed by atoms with Crippen molar-refractivity contribution in [2.75, 3.05) is 0 Å². The molecule has 2 rings (SSSR count). The van der Waals surface area contributed by atoms with E-state index < -0.39 is 24.8 Å². The molecule has 0 saturated heterocycles. The van der Waals surface area contributed by atoms with E-state index in [-0.39, 0.29) is 0 Å². The molecule has 0 radical (unpaired) electrons. The molecule has 0 saturated carbocycles. The Morgan fingerprint density at radius 3 is 2.76 bits per heavy atom. The number of benzene rings is 1. The molecule has 1 aliphatic heterocycles. The fraction of sp³-hybridized carbons (Fsp3) is 0.500. The number of hydrogen-bond donors (Lipinski definition) is 1. The Labute approximate surface area is 97.0 Å². The van der Waals surface area contributed by atoms with Crippen LogP contribution in [0.3, 0.4) is 0 Å². The lowest BCUT2D eigenvalue weighted by atomic mass is 9.98. The SMILES string of the molecule is OC(CC1CCc2ccccc2O1)C(F)(F)F. The summed E-state index contributed by atoms with van der Waals surface area (Å²) in [4.78, 5) is 0. The van der Waals surface area contributed by atoms with Gasteiger partial charge in [-0.1, -0.05) is 18.2 Å². The number of halogens is 3. The predicted octanol–water partition coefficient (Wildman–Crippen LogP) is 2.69. The van der Waals surface area contributed by atoms with Crippen LogP contribution in [0.1, 0.15) is 18.4 Å². The molecule has 5 heteroatoms. The molecule has 1 aromatic rings. The van der Waals surface area contributed by atoms with Crippen molar-refractivity contribution in [3.8, 4) is 5.75 Å². The predicted molar refractivity (Wildman–Crippen MR) is 55.9 cm³/mol. The highest BCUT2D eigenvalue weighted by Gasteiger charge is 2.40. The van der Waals surface area contributed by atoms with Gasteiger partial charge >= 0.3 is 6.18 Å². The van der Waals surface area contributed by atoms with Crippen molar-refractivity contribution in [2.24, 2.45) is 0 Å². The van der Waals surface area contributed by atoms with Crippen molar-refractivity contribution in [1.82, 2.24) is 0 Å². The molecule has 2 atom stereocenters. The van der Waals surface area contributed by atoms with Crippen LogP contribution in [0, 0.1) is 0 Å². The molecule has 0 fully saturated rings. The third kappa shape index (κ3) is 2.91. The van der Waals surface area contributed by atoms with Crippen LogP contribution in [-0.2, 0) is 6.42 Å². The third-order valence-corrected chi connectivity index (χ3v) is 2.87. The van der Waals surface area contributed by atoms with E-state index in [1.165, 1.54) is 0 Å². The van der Waals surface area contributed by atoms with E-state index in [2.05, 4.69) is 0 Å². The Morgan fingerprint density at radius 1 is 1.35 bits per heavy atom. The molecular weight excluding hydrogens is 233 g/mol. The standard InChI is InChI=1S/C12H13F3O2/c13-12(14,15)11(16)7-9-6-5-8-3-1-2-4-10(8)17-9/h1-4,9,11,16H,5-7H2. The van der Waals surface area contributed by atoms with Gasteiger partial charge in [-0.25, -0.2) is 0 Å². The molecule has 1 aromatic carbocycles. The van der Waals surface area contributed by atoms with Gasteiger partial charge in [0.1, 0.15) is 11.9 Å². The van der Waals surface area contributed by atoms with E-state index in [1.807, 2.05) is 12.1 Å². The van der Waals surface area contributed by atoms with Gasteiger partial charge in [0.15, 0.2) is 6.10 Å². The van der Waals surface area contributed by atoms with Gasteiger partial charge in [-0.2, -0.15) is 13.2 Å². The maximum Gasteiger partial charge on any atom is 0.414 e. The molecule has 0 aromatic heterocycles. The molecule has 0 bridgehead atoms. The van der Waals surface area contributed by atoms with Crippen LogP contribution in [0.2, 0.25) is 0 Å². The van der Waals surface area contributed by atoms with Gasteiger partial charge in [0, 0.05) is 6.42 Å². The second kappa shape index (κ2) is 4.56. The quantitative estimate of drug-likeness (QED) is 0.869. The lowest BCUT2D eigenvalue weighted by Crippen LogP contribution is -2.35. The number of ether oxygens (including phenoxy) is 1. The first-order valence-corrected chi connectivity index (χ1v) is 5.46. The summed E-state index contributed by atoms with van der Waals surface area (Å²) < 4.78 is 42.0. The highest BCUT2D eigenvalue weighted by Crippen LogP contribution is 2.31. The molecule has 0 aliphatic carbocycles. The number of para-hydroxylation sites is 1. The first-order chi connectivity index (χ1) is 7.97. The number of aliphatic hydroxyl groups is 1. The minimum absolute atomic E-state index is 0.405. The van der Waals surface area contributed by atoms with Crippen molar-refractivity contribution < 1.29 is 23.0 Å². The Kier molecular flexibility index (Phi) is 3.28. The zero-order valence-corrected chi connectivity index (χ0v) is 9.07. The summed E-state index contributed by atoms with van der Waals surface area (Å²) in [5.41, 5.74) is 1.00. The van der Waals surface area contributed by atoms with Gasteiger partial charge in [-0.05, 0) is 24.5 Å².